The summed E-state index contributed by atoms with van der Waals surface area (Å²) in [6.45, 7) is 0.588. The summed E-state index contributed by atoms with van der Waals surface area (Å²) in [7, 11) is 0. The van der Waals surface area contributed by atoms with Gasteiger partial charge in [-0.05, 0) is 42.5 Å². The van der Waals surface area contributed by atoms with Crippen LogP contribution in [0.1, 0.15) is 30.6 Å². The molecule has 24 heavy (non-hydrogen) atoms. The highest BCUT2D eigenvalue weighted by Crippen LogP contribution is 2.18. The van der Waals surface area contributed by atoms with Gasteiger partial charge in [-0.25, -0.2) is 9.38 Å². The van der Waals surface area contributed by atoms with E-state index in [-0.39, 0.29) is 17.9 Å². The number of benzene rings is 1. The largest absolute Gasteiger partial charge is 0.352 e. The van der Waals surface area contributed by atoms with Gasteiger partial charge in [-0.15, -0.1) is 11.3 Å². The highest BCUT2D eigenvalue weighted by atomic mass is 32.1. The Kier molecular flexibility index (Phi) is 5.82. The predicted octanol–water partition coefficient (Wildman–Crippen LogP) is 3.71. The summed E-state index contributed by atoms with van der Waals surface area (Å²) < 4.78 is 13.4. The van der Waals surface area contributed by atoms with E-state index in [1.807, 2.05) is 17.5 Å². The number of hydrogen-bond donors (Lipinski definition) is 3. The Bertz CT molecular complexity index is 671. The van der Waals surface area contributed by atoms with Gasteiger partial charge < -0.3 is 16.4 Å². The van der Waals surface area contributed by atoms with E-state index in [1.54, 1.807) is 17.4 Å². The molecule has 0 bridgehead atoms. The Labute approximate surface area is 146 Å². The molecule has 1 fully saturated rings. The molecule has 0 saturated heterocycles. The van der Waals surface area contributed by atoms with Crippen molar-refractivity contribution in [3.8, 4) is 0 Å². The molecule has 1 aromatic heterocycles. The summed E-state index contributed by atoms with van der Waals surface area (Å²) in [6.07, 6.45) is 4.40. The molecule has 1 saturated carbocycles. The molecule has 2 aromatic rings. The molecular weight excluding hydrogens is 323 g/mol. The third kappa shape index (κ3) is 4.79. The maximum atomic E-state index is 13.4. The molecule has 0 spiro atoms. The summed E-state index contributed by atoms with van der Waals surface area (Å²) in [4.78, 5) is 5.83. The number of thiophene rings is 1. The lowest BCUT2D eigenvalue weighted by Crippen LogP contribution is -2.51. The number of rotatable bonds is 4. The first-order valence-electron chi connectivity index (χ1n) is 8.32. The third-order valence-electron chi connectivity index (χ3n) is 4.20. The summed E-state index contributed by atoms with van der Waals surface area (Å²) >= 11 is 1.67. The van der Waals surface area contributed by atoms with E-state index in [2.05, 4.69) is 21.7 Å². The molecule has 0 amide bonds. The van der Waals surface area contributed by atoms with Gasteiger partial charge in [-0.2, -0.15) is 0 Å². The zero-order chi connectivity index (χ0) is 16.8. The quantitative estimate of drug-likeness (QED) is 0.584. The lowest BCUT2D eigenvalue weighted by atomic mass is 9.91. The Morgan fingerprint density at radius 1 is 1.25 bits per heavy atom. The van der Waals surface area contributed by atoms with Crippen LogP contribution in [0.15, 0.2) is 46.8 Å². The maximum absolute atomic E-state index is 13.4. The van der Waals surface area contributed by atoms with Crippen LogP contribution in [0, 0.1) is 5.82 Å². The fraction of sp³-hybridized carbons (Fsp3) is 0.389. The van der Waals surface area contributed by atoms with Crippen molar-refractivity contribution < 1.29 is 4.39 Å². The van der Waals surface area contributed by atoms with Crippen LogP contribution in [0.4, 0.5) is 10.1 Å². The van der Waals surface area contributed by atoms with Gasteiger partial charge in [0, 0.05) is 22.6 Å². The van der Waals surface area contributed by atoms with Crippen LogP contribution in [0.3, 0.4) is 0 Å². The fourth-order valence-corrected chi connectivity index (χ4v) is 3.53. The zero-order valence-corrected chi connectivity index (χ0v) is 14.4. The lowest BCUT2D eigenvalue weighted by molar-refractivity contribution is 0.360. The number of hydrogen-bond acceptors (Lipinski definition) is 3. The van der Waals surface area contributed by atoms with Crippen molar-refractivity contribution in [3.05, 3.63) is 52.5 Å². The average molecular weight is 346 g/mol. The van der Waals surface area contributed by atoms with Gasteiger partial charge in [0.2, 0.25) is 0 Å². The second-order valence-corrected chi connectivity index (χ2v) is 7.11. The zero-order valence-electron chi connectivity index (χ0n) is 13.5. The van der Waals surface area contributed by atoms with Crippen LogP contribution < -0.4 is 16.4 Å². The number of guanidine groups is 1. The molecule has 2 atom stereocenters. The molecule has 4 N–H and O–H groups in total. The van der Waals surface area contributed by atoms with Crippen molar-refractivity contribution >= 4 is 23.0 Å². The van der Waals surface area contributed by atoms with Crippen molar-refractivity contribution in [1.82, 2.24) is 5.32 Å². The topological polar surface area (TPSA) is 62.4 Å². The minimum absolute atomic E-state index is 0.125. The van der Waals surface area contributed by atoms with Crippen molar-refractivity contribution in [2.75, 3.05) is 5.32 Å². The minimum Gasteiger partial charge on any atom is -0.352 e. The Balaban J connectivity index is 1.73. The van der Waals surface area contributed by atoms with E-state index in [0.717, 1.165) is 12.8 Å². The number of halogens is 1. The van der Waals surface area contributed by atoms with Crippen molar-refractivity contribution in [2.45, 2.75) is 44.3 Å². The van der Waals surface area contributed by atoms with Gasteiger partial charge in [-0.3, -0.25) is 0 Å². The van der Waals surface area contributed by atoms with E-state index in [0.29, 0.717) is 18.2 Å². The van der Waals surface area contributed by atoms with Crippen LogP contribution in [0.5, 0.6) is 0 Å². The third-order valence-corrected chi connectivity index (χ3v) is 5.06. The van der Waals surface area contributed by atoms with E-state index in [9.17, 15) is 4.39 Å². The highest BCUT2D eigenvalue weighted by molar-refractivity contribution is 7.09. The van der Waals surface area contributed by atoms with Gasteiger partial charge in [0.25, 0.3) is 0 Å². The van der Waals surface area contributed by atoms with Crippen LogP contribution in [0.25, 0.3) is 0 Å². The fourth-order valence-electron chi connectivity index (χ4n) is 2.90. The van der Waals surface area contributed by atoms with Gasteiger partial charge in [0.1, 0.15) is 5.82 Å². The average Bonchev–Trinajstić information content (AvgIpc) is 3.08. The molecule has 1 aromatic carbocycles. The number of aliphatic imine (C=N–C) groups is 1. The molecular formula is C18H23FN4S. The Hall–Kier alpha value is -1.92. The molecule has 3 rings (SSSR count). The van der Waals surface area contributed by atoms with Crippen LogP contribution in [-0.4, -0.2) is 18.0 Å². The summed E-state index contributed by atoms with van der Waals surface area (Å²) in [5.74, 6) is 0.378. The lowest BCUT2D eigenvalue weighted by Gasteiger charge is -2.30. The number of anilines is 1. The predicted molar refractivity (Wildman–Crippen MR) is 98.8 cm³/mol. The van der Waals surface area contributed by atoms with Gasteiger partial charge in [-0.1, -0.05) is 25.0 Å². The summed E-state index contributed by atoms with van der Waals surface area (Å²) in [5.41, 5.74) is 6.91. The van der Waals surface area contributed by atoms with Gasteiger partial charge in [0.15, 0.2) is 5.96 Å². The first kappa shape index (κ1) is 16.9. The van der Waals surface area contributed by atoms with Crippen molar-refractivity contribution in [1.29, 1.82) is 0 Å². The minimum atomic E-state index is -0.271. The van der Waals surface area contributed by atoms with Gasteiger partial charge >= 0.3 is 0 Å². The molecule has 0 unspecified atom stereocenters. The molecule has 1 heterocycles. The monoisotopic (exact) mass is 346 g/mol. The number of nitrogens with one attached hydrogen (secondary N) is 2. The van der Waals surface area contributed by atoms with E-state index in [1.165, 1.54) is 29.9 Å². The first-order valence-corrected chi connectivity index (χ1v) is 9.20. The van der Waals surface area contributed by atoms with E-state index in [4.69, 9.17) is 5.73 Å². The molecule has 128 valence electrons. The molecule has 4 nitrogen and oxygen atoms in total. The Morgan fingerprint density at radius 3 is 2.88 bits per heavy atom. The van der Waals surface area contributed by atoms with Crippen molar-refractivity contribution in [3.63, 3.8) is 0 Å². The Morgan fingerprint density at radius 2 is 2.12 bits per heavy atom. The summed E-state index contributed by atoms with van der Waals surface area (Å²) in [5, 5.41) is 8.67. The van der Waals surface area contributed by atoms with Crippen LogP contribution >= 0.6 is 11.3 Å². The van der Waals surface area contributed by atoms with E-state index < -0.39 is 0 Å². The normalized spacial score (nSPS) is 21.5. The molecule has 6 heteroatoms. The second-order valence-electron chi connectivity index (χ2n) is 6.08. The standard InChI is InChI=1S/C18H23FN4S/c19-13-5-3-6-14(11-13)22-18(21-12-15-7-4-10-24-15)23-17-9-2-1-8-16(17)20/h3-7,10-11,16-17H,1-2,8-9,12,20H2,(H2,21,22,23)/t16-,17-/m0/s1. The molecule has 1 aliphatic carbocycles. The van der Waals surface area contributed by atoms with E-state index >= 15 is 0 Å². The highest BCUT2D eigenvalue weighted by Gasteiger charge is 2.22. The maximum Gasteiger partial charge on any atom is 0.196 e. The molecule has 1 aliphatic rings. The number of nitrogens with two attached hydrogens (primary N) is 1. The first-order chi connectivity index (χ1) is 11.7. The van der Waals surface area contributed by atoms with Crippen molar-refractivity contribution in [2.24, 2.45) is 10.7 Å². The molecule has 0 aliphatic heterocycles. The SMILES string of the molecule is N[C@H]1CCCC[C@@H]1NC(=NCc1cccs1)Nc1cccc(F)c1. The van der Waals surface area contributed by atoms with Gasteiger partial charge in [0.05, 0.1) is 6.54 Å². The smallest absolute Gasteiger partial charge is 0.196 e. The second kappa shape index (κ2) is 8.26. The number of nitrogens with zero attached hydrogens (tertiary/aromatic N) is 1. The summed E-state index contributed by atoms with van der Waals surface area (Å²) in [6, 6.07) is 10.8. The van der Waals surface area contributed by atoms with Crippen LogP contribution in [0.2, 0.25) is 0 Å². The molecule has 0 radical (unpaired) electrons. The van der Waals surface area contributed by atoms with Crippen LogP contribution in [-0.2, 0) is 6.54 Å².